The third-order valence-corrected chi connectivity index (χ3v) is 5.63. The number of methoxy groups -OCH3 is 1. The van der Waals surface area contributed by atoms with Gasteiger partial charge in [0.1, 0.15) is 0 Å². The van der Waals surface area contributed by atoms with Crippen molar-refractivity contribution in [1.82, 2.24) is 4.90 Å². The predicted octanol–water partition coefficient (Wildman–Crippen LogP) is 1.93. The van der Waals surface area contributed by atoms with E-state index in [1.54, 1.807) is 11.9 Å². The van der Waals surface area contributed by atoms with E-state index in [-0.39, 0.29) is 42.8 Å². The molecule has 2 aliphatic carbocycles. The zero-order valence-electron chi connectivity index (χ0n) is 17.7. The molecule has 2 aliphatic heterocycles. The number of Topliss-reactive ketones (excluding diaryl/α,β-unsaturated/α-hetero) is 1. The molecular formula is C18H21NO3. The third-order valence-electron chi connectivity index (χ3n) is 5.63. The fourth-order valence-corrected chi connectivity index (χ4v) is 4.67. The summed E-state index contributed by atoms with van der Waals surface area (Å²) in [6.07, 6.45) is -1.41. The van der Waals surface area contributed by atoms with Crippen molar-refractivity contribution in [3.8, 4) is 11.5 Å². The zero-order chi connectivity index (χ0) is 19.6. The topological polar surface area (TPSA) is 38.8 Å². The molecular weight excluding hydrogens is 278 g/mol. The number of hydrogen-bond donors (Lipinski definition) is 0. The molecule has 5 rings (SSSR count). The van der Waals surface area contributed by atoms with E-state index in [1.165, 1.54) is 7.11 Å². The lowest BCUT2D eigenvalue weighted by Gasteiger charge is -2.57. The lowest BCUT2D eigenvalue weighted by Crippen LogP contribution is -2.65. The van der Waals surface area contributed by atoms with Crippen molar-refractivity contribution in [3.05, 3.63) is 23.2 Å². The number of piperidine rings is 1. The highest BCUT2D eigenvalue weighted by Crippen LogP contribution is 2.62. The third kappa shape index (κ3) is 1.27. The van der Waals surface area contributed by atoms with Crippen molar-refractivity contribution in [2.75, 3.05) is 20.7 Å². The number of hydrogen-bond acceptors (Lipinski definition) is 4. The lowest BCUT2D eigenvalue weighted by molar-refractivity contribution is -0.138. The number of carbonyl (C=O) groups is 1. The van der Waals surface area contributed by atoms with Crippen molar-refractivity contribution >= 4 is 5.78 Å². The average Bonchev–Trinajstić information content (AvgIpc) is 2.89. The summed E-state index contributed by atoms with van der Waals surface area (Å²) in [5.74, 6) is -1.63. The van der Waals surface area contributed by atoms with Gasteiger partial charge in [-0.1, -0.05) is 6.04 Å². The van der Waals surface area contributed by atoms with Gasteiger partial charge in [0.2, 0.25) is 0 Å². The van der Waals surface area contributed by atoms with Gasteiger partial charge in [0.25, 0.3) is 0 Å². The summed E-state index contributed by atoms with van der Waals surface area (Å²) in [5.41, 5.74) is -0.387. The van der Waals surface area contributed by atoms with Gasteiger partial charge in [-0.25, -0.2) is 0 Å². The van der Waals surface area contributed by atoms with Crippen LogP contribution < -0.4 is 9.47 Å². The van der Waals surface area contributed by atoms with Crippen LogP contribution in [-0.4, -0.2) is 43.5 Å². The number of carbonyl (C=O) groups excluding carboxylic acids is 1. The molecule has 1 aromatic carbocycles. The second-order valence-corrected chi connectivity index (χ2v) is 6.50. The van der Waals surface area contributed by atoms with Gasteiger partial charge in [-0.3, -0.25) is 4.79 Å². The molecule has 4 atom stereocenters. The van der Waals surface area contributed by atoms with Crippen LogP contribution >= 0.6 is 0 Å². The molecule has 1 unspecified atom stereocenters. The SMILES string of the molecule is [2H]c1c([2H])c(OC)c2c3c1C[C@@]1([2H])N(C)CC[C@@]34C([2H])(O2)C(=O)CC[C@@]14[2H]. The second-order valence-electron chi connectivity index (χ2n) is 6.50. The molecule has 4 heteroatoms. The van der Waals surface area contributed by atoms with Crippen LogP contribution in [0, 0.1) is 5.89 Å². The number of likely N-dealkylation sites (tertiary alicyclic amines) is 1. The highest BCUT2D eigenvalue weighted by Gasteiger charge is 2.65. The van der Waals surface area contributed by atoms with Gasteiger partial charge >= 0.3 is 0 Å². The van der Waals surface area contributed by atoms with E-state index in [2.05, 4.69) is 0 Å². The fraction of sp³-hybridized carbons (Fsp3) is 0.611. The molecule has 0 aromatic heterocycles. The summed E-state index contributed by atoms with van der Waals surface area (Å²) in [5, 5.41) is 0. The van der Waals surface area contributed by atoms with Gasteiger partial charge in [-0.05, 0) is 50.4 Å². The van der Waals surface area contributed by atoms with Gasteiger partial charge in [-0.2, -0.15) is 0 Å². The Hall–Kier alpha value is -1.55. The lowest BCUT2D eigenvalue weighted by atomic mass is 9.52. The number of likely N-dealkylation sites (N-methyl/N-ethyl adjacent to an activating group) is 1. The molecule has 1 saturated heterocycles. The van der Waals surface area contributed by atoms with Crippen molar-refractivity contribution in [1.29, 1.82) is 0 Å². The molecule has 116 valence electrons. The predicted molar refractivity (Wildman–Crippen MR) is 81.6 cm³/mol. The Bertz CT molecular complexity index is 925. The summed E-state index contributed by atoms with van der Waals surface area (Å²) >= 11 is 0. The number of ether oxygens (including phenoxy) is 2. The molecule has 0 N–H and O–H groups in total. The van der Waals surface area contributed by atoms with Gasteiger partial charge in [-0.15, -0.1) is 0 Å². The van der Waals surface area contributed by atoms with Crippen molar-refractivity contribution in [3.63, 3.8) is 0 Å². The maximum absolute atomic E-state index is 12.9. The van der Waals surface area contributed by atoms with E-state index in [4.69, 9.17) is 13.6 Å². The van der Waals surface area contributed by atoms with Gasteiger partial charge in [0, 0.05) is 26.2 Å². The van der Waals surface area contributed by atoms with Crippen LogP contribution in [0.4, 0.5) is 0 Å². The molecule has 2 heterocycles. The Kier molecular flexibility index (Phi) is 1.64. The molecule has 22 heavy (non-hydrogen) atoms. The molecule has 4 nitrogen and oxygen atoms in total. The Morgan fingerprint density at radius 2 is 2.41 bits per heavy atom. The Morgan fingerprint density at radius 3 is 3.23 bits per heavy atom. The molecule has 1 saturated carbocycles. The fourth-order valence-electron chi connectivity index (χ4n) is 4.67. The Labute approximate surface area is 137 Å². The summed E-state index contributed by atoms with van der Waals surface area (Å²) in [7, 11) is 3.16. The first kappa shape index (κ1) is 8.92. The van der Waals surface area contributed by atoms with Crippen molar-refractivity contribution < 1.29 is 21.1 Å². The summed E-state index contributed by atoms with van der Waals surface area (Å²) in [4.78, 5) is 14.7. The highest BCUT2D eigenvalue weighted by atomic mass is 16.5. The van der Waals surface area contributed by atoms with E-state index >= 15 is 0 Å². The smallest absolute Gasteiger partial charge is 0.174 e. The van der Waals surface area contributed by atoms with Crippen LogP contribution in [0.1, 0.15) is 37.2 Å². The van der Waals surface area contributed by atoms with Crippen LogP contribution in [0.5, 0.6) is 11.5 Å². The average molecular weight is 304 g/mol. The minimum absolute atomic E-state index is 0.0102. The number of benzene rings is 1. The quantitative estimate of drug-likeness (QED) is 0.795. The van der Waals surface area contributed by atoms with Gasteiger partial charge < -0.3 is 14.4 Å². The maximum Gasteiger partial charge on any atom is 0.174 e. The molecule has 1 aromatic rings. The first-order valence-corrected chi connectivity index (χ1v) is 7.73. The van der Waals surface area contributed by atoms with Crippen LogP contribution in [0.25, 0.3) is 0 Å². The van der Waals surface area contributed by atoms with Crippen LogP contribution in [0.2, 0.25) is 0 Å². The van der Waals surface area contributed by atoms with Crippen LogP contribution in [0.15, 0.2) is 12.1 Å². The zero-order valence-corrected chi connectivity index (χ0v) is 12.7. The Balaban J connectivity index is 1.98. The molecule has 4 aliphatic rings. The Morgan fingerprint density at radius 1 is 1.55 bits per heavy atom. The standard InChI is InChI=1S/C18H21NO3/c1-19-8-7-18-11-4-5-13(20)17(18)22-16-14(21-2)6-3-10(15(16)18)9-12(11)19/h3,6,11-12,17H,4-5,7-9H2,1-2H3/t11-,12+,17?,18-/m0/s1/i3D,6D,11D,12D,17D. The van der Waals surface area contributed by atoms with E-state index in [0.29, 0.717) is 24.1 Å². The van der Waals surface area contributed by atoms with E-state index in [9.17, 15) is 7.54 Å². The second kappa shape index (κ2) is 4.05. The first-order valence-electron chi connectivity index (χ1n) is 10.2. The monoisotopic (exact) mass is 304 g/mol. The maximum atomic E-state index is 12.9. The van der Waals surface area contributed by atoms with E-state index in [0.717, 1.165) is 0 Å². The summed E-state index contributed by atoms with van der Waals surface area (Å²) < 4.78 is 55.9. The number of rotatable bonds is 1. The minimum Gasteiger partial charge on any atom is -0.493 e. The summed E-state index contributed by atoms with van der Waals surface area (Å²) in [6, 6.07) is -1.63. The van der Waals surface area contributed by atoms with Gasteiger partial charge in [0.15, 0.2) is 23.4 Å². The minimum atomic E-state index is -2.02. The summed E-state index contributed by atoms with van der Waals surface area (Å²) in [6.45, 7) is 0.457. The van der Waals surface area contributed by atoms with E-state index < -0.39 is 29.2 Å². The number of nitrogens with zero attached hydrogens (tertiary/aromatic N) is 1. The number of ketones is 1. The van der Waals surface area contributed by atoms with Crippen LogP contribution in [-0.2, 0) is 16.6 Å². The van der Waals surface area contributed by atoms with E-state index in [1.807, 2.05) is 0 Å². The molecule has 2 bridgehead atoms. The van der Waals surface area contributed by atoms with Crippen molar-refractivity contribution in [2.45, 2.75) is 43.2 Å². The normalized spacial score (nSPS) is 51.7. The molecule has 1 spiro atoms. The highest BCUT2D eigenvalue weighted by molar-refractivity contribution is 5.89. The van der Waals surface area contributed by atoms with Crippen molar-refractivity contribution in [2.24, 2.45) is 5.89 Å². The molecule has 2 fully saturated rings. The largest absolute Gasteiger partial charge is 0.493 e. The molecule has 0 amide bonds. The van der Waals surface area contributed by atoms with Gasteiger partial charge in [0.05, 0.1) is 11.2 Å². The van der Waals surface area contributed by atoms with Crippen LogP contribution in [0.3, 0.4) is 0 Å². The first-order chi connectivity index (χ1) is 12.6. The molecule has 0 radical (unpaired) electrons.